The highest BCUT2D eigenvalue weighted by Crippen LogP contribution is 2.23. The summed E-state index contributed by atoms with van der Waals surface area (Å²) in [6.07, 6.45) is -4.77. The molecule has 0 bridgehead atoms. The molecule has 150 valence electrons. The number of morpholine rings is 1. The fourth-order valence-corrected chi connectivity index (χ4v) is 2.53. The van der Waals surface area contributed by atoms with Crippen LogP contribution < -0.4 is 15.0 Å². The second-order valence-corrected chi connectivity index (χ2v) is 6.30. The number of nitrogens with zero attached hydrogens (tertiary/aromatic N) is 1. The molecule has 10 heteroatoms. The Morgan fingerprint density at radius 1 is 1.26 bits per heavy atom. The van der Waals surface area contributed by atoms with E-state index in [4.69, 9.17) is 4.74 Å². The molecule has 0 spiro atoms. The molecule has 27 heavy (non-hydrogen) atoms. The third-order valence-corrected chi connectivity index (χ3v) is 4.28. The number of quaternary nitrogens is 1. The molecule has 1 aromatic rings. The zero-order valence-electron chi connectivity index (χ0n) is 15.1. The van der Waals surface area contributed by atoms with E-state index < -0.39 is 12.4 Å². The first-order valence-electron chi connectivity index (χ1n) is 8.50. The van der Waals surface area contributed by atoms with Crippen molar-refractivity contribution in [2.24, 2.45) is 0 Å². The number of carbonyl (C=O) groups excluding carboxylic acids is 2. The molecule has 2 rings (SSSR count). The summed E-state index contributed by atoms with van der Waals surface area (Å²) in [6.45, 7) is 3.94. The minimum absolute atomic E-state index is 0.0518. The van der Waals surface area contributed by atoms with Gasteiger partial charge in [-0.15, -0.1) is 13.2 Å². The summed E-state index contributed by atoms with van der Waals surface area (Å²) in [5, 5.41) is 2.62. The molecular formula is C17H23F3N3O4+. The minimum Gasteiger partial charge on any atom is -0.406 e. The van der Waals surface area contributed by atoms with E-state index in [0.29, 0.717) is 36.9 Å². The summed E-state index contributed by atoms with van der Waals surface area (Å²) in [7, 11) is 1.74. The fourth-order valence-electron chi connectivity index (χ4n) is 2.53. The predicted molar refractivity (Wildman–Crippen MR) is 90.4 cm³/mol. The maximum atomic E-state index is 12.3. The molecule has 1 fully saturated rings. The van der Waals surface area contributed by atoms with Crippen molar-refractivity contribution in [2.45, 2.75) is 19.3 Å². The Morgan fingerprint density at radius 3 is 2.41 bits per heavy atom. The molecule has 2 amide bonds. The van der Waals surface area contributed by atoms with E-state index in [1.54, 1.807) is 18.9 Å². The summed E-state index contributed by atoms with van der Waals surface area (Å²) in [5.74, 6) is -0.761. The van der Waals surface area contributed by atoms with Gasteiger partial charge in [-0.3, -0.25) is 9.59 Å². The van der Waals surface area contributed by atoms with Crippen LogP contribution in [-0.2, 0) is 14.3 Å². The number of ether oxygens (including phenoxy) is 2. The molecule has 1 unspecified atom stereocenters. The largest absolute Gasteiger partial charge is 0.573 e. The quantitative estimate of drug-likeness (QED) is 0.732. The Labute approximate surface area is 155 Å². The van der Waals surface area contributed by atoms with Crippen LogP contribution in [0, 0.1) is 0 Å². The van der Waals surface area contributed by atoms with Crippen molar-refractivity contribution < 1.29 is 37.1 Å². The number of hydrogen-bond donors (Lipinski definition) is 2. The lowest BCUT2D eigenvalue weighted by Crippen LogP contribution is -3.15. The summed E-state index contributed by atoms with van der Waals surface area (Å²) >= 11 is 0. The van der Waals surface area contributed by atoms with Crippen molar-refractivity contribution in [3.05, 3.63) is 24.3 Å². The van der Waals surface area contributed by atoms with E-state index in [-0.39, 0.29) is 24.1 Å². The molecular weight excluding hydrogens is 367 g/mol. The molecule has 0 saturated carbocycles. The van der Waals surface area contributed by atoms with Crippen molar-refractivity contribution in [1.82, 2.24) is 4.90 Å². The number of benzene rings is 1. The molecule has 7 nitrogen and oxygen atoms in total. The smallest absolute Gasteiger partial charge is 0.406 e. The van der Waals surface area contributed by atoms with Crippen molar-refractivity contribution >= 4 is 17.5 Å². The molecule has 1 saturated heterocycles. The number of anilines is 1. The van der Waals surface area contributed by atoms with Gasteiger partial charge in [0.15, 0.2) is 12.6 Å². The highest BCUT2D eigenvalue weighted by Gasteiger charge is 2.31. The monoisotopic (exact) mass is 390 g/mol. The van der Waals surface area contributed by atoms with E-state index in [2.05, 4.69) is 10.1 Å². The molecule has 2 N–H and O–H groups in total. The van der Waals surface area contributed by atoms with Gasteiger partial charge in [-0.2, -0.15) is 0 Å². The van der Waals surface area contributed by atoms with E-state index in [1.165, 1.54) is 12.1 Å². The molecule has 0 radical (unpaired) electrons. The lowest BCUT2D eigenvalue weighted by molar-refractivity contribution is -0.886. The van der Waals surface area contributed by atoms with Crippen LogP contribution in [0.15, 0.2) is 24.3 Å². The Morgan fingerprint density at radius 2 is 1.85 bits per heavy atom. The van der Waals surface area contributed by atoms with Crippen LogP contribution >= 0.6 is 0 Å². The molecule has 0 aliphatic carbocycles. The first-order chi connectivity index (χ1) is 12.7. The van der Waals surface area contributed by atoms with Crippen molar-refractivity contribution in [1.29, 1.82) is 0 Å². The second kappa shape index (κ2) is 9.05. The lowest BCUT2D eigenvalue weighted by atomic mass is 10.2. The molecule has 1 aliphatic heterocycles. The van der Waals surface area contributed by atoms with Crippen LogP contribution in [0.2, 0.25) is 0 Å². The first-order valence-corrected chi connectivity index (χ1v) is 8.50. The van der Waals surface area contributed by atoms with Crippen LogP contribution in [0.4, 0.5) is 18.9 Å². The van der Waals surface area contributed by atoms with Gasteiger partial charge in [0.1, 0.15) is 5.75 Å². The fraction of sp³-hybridized carbons (Fsp3) is 0.529. The molecule has 2 atom stereocenters. The number of likely N-dealkylation sites (N-methyl/N-ethyl adjacent to an activating group) is 1. The van der Waals surface area contributed by atoms with E-state index in [1.807, 2.05) is 0 Å². The van der Waals surface area contributed by atoms with Crippen LogP contribution in [0.1, 0.15) is 6.92 Å². The summed E-state index contributed by atoms with van der Waals surface area (Å²) in [4.78, 5) is 27.0. The maximum Gasteiger partial charge on any atom is 0.573 e. The summed E-state index contributed by atoms with van der Waals surface area (Å²) < 4.78 is 45.4. The van der Waals surface area contributed by atoms with Crippen LogP contribution in [-0.4, -0.2) is 69.0 Å². The number of nitrogens with one attached hydrogen (secondary N) is 2. The molecule has 1 aliphatic rings. The average molecular weight is 390 g/mol. The van der Waals surface area contributed by atoms with Gasteiger partial charge < -0.3 is 24.6 Å². The topological polar surface area (TPSA) is 72.3 Å². The van der Waals surface area contributed by atoms with Crippen LogP contribution in [0.5, 0.6) is 5.75 Å². The van der Waals surface area contributed by atoms with Crippen molar-refractivity contribution in [2.75, 3.05) is 45.2 Å². The number of alkyl halides is 3. The van der Waals surface area contributed by atoms with E-state index in [9.17, 15) is 22.8 Å². The average Bonchev–Trinajstić information content (AvgIpc) is 2.62. The van der Waals surface area contributed by atoms with Gasteiger partial charge >= 0.3 is 6.36 Å². The summed E-state index contributed by atoms with van der Waals surface area (Å²) in [6, 6.07) is 4.35. The van der Waals surface area contributed by atoms with E-state index in [0.717, 1.165) is 12.1 Å². The Hall–Kier alpha value is -2.33. The second-order valence-electron chi connectivity index (χ2n) is 6.30. The first kappa shape index (κ1) is 21.0. The third-order valence-electron chi connectivity index (χ3n) is 4.28. The van der Waals surface area contributed by atoms with Gasteiger partial charge in [0, 0.05) is 18.8 Å². The van der Waals surface area contributed by atoms with E-state index >= 15 is 0 Å². The standard InChI is InChI=1S/C17H22F3N3O4/c1-12(22(2)11-15(24)23-7-9-26-10-8-23)16(25)21-13-3-5-14(6-4-13)27-17(18,19)20/h3-6,12H,7-11H2,1-2H3,(H,21,25)/p+1/t12-/m1/s1. The maximum absolute atomic E-state index is 12.3. The number of rotatable bonds is 6. The molecule has 1 aromatic carbocycles. The van der Waals surface area contributed by atoms with Gasteiger partial charge in [-0.05, 0) is 31.2 Å². The van der Waals surface area contributed by atoms with Gasteiger partial charge in [0.05, 0.1) is 20.3 Å². The molecule has 1 heterocycles. The zero-order valence-corrected chi connectivity index (χ0v) is 15.1. The van der Waals surface area contributed by atoms with Crippen LogP contribution in [0.25, 0.3) is 0 Å². The Balaban J connectivity index is 1.85. The van der Waals surface area contributed by atoms with Gasteiger partial charge in [0.2, 0.25) is 0 Å². The van der Waals surface area contributed by atoms with Crippen LogP contribution in [0.3, 0.4) is 0 Å². The van der Waals surface area contributed by atoms with Gasteiger partial charge in [-0.1, -0.05) is 0 Å². The predicted octanol–water partition coefficient (Wildman–Crippen LogP) is 0.286. The third kappa shape index (κ3) is 6.72. The highest BCUT2D eigenvalue weighted by molar-refractivity contribution is 5.93. The zero-order chi connectivity index (χ0) is 20.0. The number of hydrogen-bond acceptors (Lipinski definition) is 4. The van der Waals surface area contributed by atoms with Gasteiger partial charge in [0.25, 0.3) is 11.8 Å². The van der Waals surface area contributed by atoms with Crippen molar-refractivity contribution in [3.8, 4) is 5.75 Å². The Bertz CT molecular complexity index is 646. The Kier molecular flexibility index (Phi) is 7.03. The summed E-state index contributed by atoms with van der Waals surface area (Å²) in [5.41, 5.74) is 0.341. The van der Waals surface area contributed by atoms with Gasteiger partial charge in [-0.25, -0.2) is 0 Å². The molecule has 0 aromatic heterocycles. The number of carbonyl (C=O) groups is 2. The SMILES string of the molecule is C[C@H](C(=O)Nc1ccc(OC(F)(F)F)cc1)[NH+](C)CC(=O)N1CCOCC1. The highest BCUT2D eigenvalue weighted by atomic mass is 19.4. The minimum atomic E-state index is -4.77. The normalized spacial score (nSPS) is 17.1. The van der Waals surface area contributed by atoms with Crippen molar-refractivity contribution in [3.63, 3.8) is 0 Å². The number of halogens is 3. The number of amides is 2. The lowest BCUT2D eigenvalue weighted by Gasteiger charge is -2.28.